The zero-order valence-corrected chi connectivity index (χ0v) is 36.3. The highest BCUT2D eigenvalue weighted by atomic mass is 15.2. The fourth-order valence-corrected chi connectivity index (χ4v) is 11.8. The molecule has 0 saturated heterocycles. The molecule has 8 atom stereocenters. The molecule has 3 nitrogen and oxygen atoms in total. The quantitative estimate of drug-likeness (QED) is 0.182. The van der Waals surface area contributed by atoms with Gasteiger partial charge < -0.3 is 14.0 Å². The van der Waals surface area contributed by atoms with Crippen LogP contribution in [-0.4, -0.2) is 15.2 Å². The average molecular weight is 798 g/mol. The lowest BCUT2D eigenvalue weighted by Crippen LogP contribution is -2.46. The predicted octanol–water partition coefficient (Wildman–Crippen LogP) is 13.0. The molecular formula is C58H59N3. The minimum Gasteiger partial charge on any atom is -0.356 e. The van der Waals surface area contributed by atoms with Crippen LogP contribution in [0.3, 0.4) is 0 Å². The van der Waals surface area contributed by atoms with Gasteiger partial charge in [-0.15, -0.1) is 0 Å². The summed E-state index contributed by atoms with van der Waals surface area (Å²) in [5.74, 6) is 2.20. The zero-order chi connectivity index (χ0) is 41.2. The molecule has 0 saturated carbocycles. The van der Waals surface area contributed by atoms with Gasteiger partial charge in [-0.3, -0.25) is 0 Å². The van der Waals surface area contributed by atoms with Crippen LogP contribution in [0.1, 0.15) is 106 Å². The minimum absolute atomic E-state index is 0.119. The van der Waals surface area contributed by atoms with E-state index in [1.165, 1.54) is 66.5 Å². The highest BCUT2D eigenvalue weighted by Gasteiger charge is 2.43. The summed E-state index contributed by atoms with van der Waals surface area (Å²) in [7, 11) is 0. The number of aromatic nitrogens is 2. The molecule has 0 radical (unpaired) electrons. The summed E-state index contributed by atoms with van der Waals surface area (Å²) in [6.45, 7) is 9.65. The molecule has 7 aliphatic carbocycles. The van der Waals surface area contributed by atoms with E-state index < -0.39 is 0 Å². The molecule has 7 aliphatic rings. The van der Waals surface area contributed by atoms with Gasteiger partial charge in [0.05, 0.1) is 23.1 Å². The SMILES string of the molecule is CC1C=c2c(n(C3=CC=CC(C)C3)c3cc(N(C4CC=Cc5c6c(n(C7(C)C=CC(c8ccccc8)=CC7)c54)C(C)CC=C6)C4C=CC=CC4C4C=CC=CC4)ccc23)=CC1. The van der Waals surface area contributed by atoms with Crippen LogP contribution in [-0.2, 0) is 5.54 Å². The average Bonchev–Trinajstić information content (AvgIpc) is 3.82. The monoisotopic (exact) mass is 797 g/mol. The van der Waals surface area contributed by atoms with Crippen molar-refractivity contribution in [3.63, 3.8) is 0 Å². The third kappa shape index (κ3) is 6.46. The fourth-order valence-electron chi connectivity index (χ4n) is 11.8. The van der Waals surface area contributed by atoms with Crippen molar-refractivity contribution in [1.29, 1.82) is 0 Å². The number of benzene rings is 2. The normalized spacial score (nSPS) is 29.4. The highest BCUT2D eigenvalue weighted by Crippen LogP contribution is 2.50. The summed E-state index contributed by atoms with van der Waals surface area (Å²) >= 11 is 0. The Balaban J connectivity index is 1.13. The molecule has 306 valence electrons. The first-order chi connectivity index (χ1) is 29.9. The smallest absolute Gasteiger partial charge is 0.0741 e. The Bertz CT molecular complexity index is 2850. The van der Waals surface area contributed by atoms with Crippen LogP contribution >= 0.6 is 0 Å². The molecule has 3 heteroatoms. The van der Waals surface area contributed by atoms with Gasteiger partial charge in [-0.05, 0) is 92.5 Å². The third-order valence-electron chi connectivity index (χ3n) is 14.8. The van der Waals surface area contributed by atoms with E-state index in [2.05, 4.69) is 212 Å². The van der Waals surface area contributed by atoms with Gasteiger partial charge in [0.2, 0.25) is 0 Å². The van der Waals surface area contributed by atoms with Gasteiger partial charge in [-0.25, -0.2) is 0 Å². The molecule has 0 bridgehead atoms. The molecule has 2 heterocycles. The maximum atomic E-state index is 2.88. The Hall–Kier alpha value is -5.80. The Morgan fingerprint density at radius 3 is 2.34 bits per heavy atom. The lowest BCUT2D eigenvalue weighted by Gasteiger charge is -2.46. The summed E-state index contributed by atoms with van der Waals surface area (Å²) in [4.78, 5) is 2.88. The molecule has 4 aromatic rings. The molecule has 11 rings (SSSR count). The van der Waals surface area contributed by atoms with Crippen molar-refractivity contribution in [2.24, 2.45) is 23.7 Å². The molecule has 0 fully saturated rings. The first kappa shape index (κ1) is 38.1. The largest absolute Gasteiger partial charge is 0.356 e. The molecular weight excluding hydrogens is 739 g/mol. The van der Waals surface area contributed by atoms with Crippen LogP contribution in [0, 0.1) is 23.7 Å². The van der Waals surface area contributed by atoms with Crippen LogP contribution < -0.4 is 15.5 Å². The fraction of sp³-hybridized carbons (Fsp3) is 0.310. The van der Waals surface area contributed by atoms with E-state index in [9.17, 15) is 0 Å². The number of fused-ring (bicyclic) bond motifs is 6. The summed E-state index contributed by atoms with van der Waals surface area (Å²) in [5.41, 5.74) is 12.2. The lowest BCUT2D eigenvalue weighted by molar-refractivity contribution is 0.350. The topological polar surface area (TPSA) is 13.1 Å². The van der Waals surface area contributed by atoms with Gasteiger partial charge in [0.25, 0.3) is 0 Å². The predicted molar refractivity (Wildman–Crippen MR) is 260 cm³/mol. The number of hydrogen-bond acceptors (Lipinski definition) is 1. The first-order valence-electron chi connectivity index (χ1n) is 23.1. The minimum atomic E-state index is -0.221. The highest BCUT2D eigenvalue weighted by molar-refractivity contribution is 5.89. The molecule has 0 amide bonds. The van der Waals surface area contributed by atoms with Crippen molar-refractivity contribution >= 4 is 52.2 Å². The number of allylic oxidation sites excluding steroid dienone is 15. The van der Waals surface area contributed by atoms with Gasteiger partial charge >= 0.3 is 0 Å². The number of hydrogen-bond donors (Lipinski definition) is 0. The van der Waals surface area contributed by atoms with E-state index in [1.54, 1.807) is 0 Å². The van der Waals surface area contributed by atoms with E-state index in [-0.39, 0.29) is 17.6 Å². The maximum Gasteiger partial charge on any atom is 0.0741 e. The van der Waals surface area contributed by atoms with Crippen molar-refractivity contribution in [3.8, 4) is 0 Å². The summed E-state index contributed by atoms with van der Waals surface area (Å²) in [5, 5.41) is 4.13. The number of nitrogens with zero attached hydrogens (tertiary/aromatic N) is 3. The van der Waals surface area contributed by atoms with Crippen LogP contribution in [0.15, 0.2) is 146 Å². The molecule has 0 spiro atoms. The van der Waals surface area contributed by atoms with Crippen LogP contribution in [0.25, 0.3) is 46.5 Å². The molecule has 0 aliphatic heterocycles. The van der Waals surface area contributed by atoms with Gasteiger partial charge in [-0.2, -0.15) is 0 Å². The van der Waals surface area contributed by atoms with Crippen LogP contribution in [0.5, 0.6) is 0 Å². The van der Waals surface area contributed by atoms with Crippen LogP contribution in [0.4, 0.5) is 5.69 Å². The second-order valence-electron chi connectivity index (χ2n) is 19.1. The van der Waals surface area contributed by atoms with Crippen molar-refractivity contribution in [2.45, 2.75) is 89.8 Å². The first-order valence-corrected chi connectivity index (χ1v) is 23.1. The maximum absolute atomic E-state index is 2.88. The van der Waals surface area contributed by atoms with Crippen molar-refractivity contribution in [1.82, 2.24) is 9.13 Å². The second kappa shape index (κ2) is 15.3. The Labute approximate surface area is 362 Å². The molecule has 2 aromatic heterocycles. The van der Waals surface area contributed by atoms with Gasteiger partial charge in [0, 0.05) is 61.7 Å². The van der Waals surface area contributed by atoms with E-state index in [1.807, 2.05) is 0 Å². The standard InChI is InChI=1S/C58H59N3/c1-39-16-13-22-45(36-39)60-53-31-28-40(2)37-51(53)48-30-29-46(38-55(48)60)59(52-26-12-11-23-47(52)44-20-9-6-10-21-44)54-27-15-25-50-49-24-14-17-41(3)56(49)61(57(50)54)58(4)34-32-43(33-35-58)42-18-7-5-8-19-42/h5-16,18-20,22-26,29-34,37-41,44,47,52,54H,17,21,27-28,35-36H2,1-4H3. The van der Waals surface area contributed by atoms with Crippen LogP contribution in [0.2, 0.25) is 0 Å². The van der Waals surface area contributed by atoms with Crippen molar-refractivity contribution < 1.29 is 0 Å². The van der Waals surface area contributed by atoms with E-state index in [0.29, 0.717) is 29.6 Å². The number of anilines is 1. The summed E-state index contributed by atoms with van der Waals surface area (Å²) in [6, 6.07) is 18.7. The van der Waals surface area contributed by atoms with Gasteiger partial charge in [0.15, 0.2) is 0 Å². The van der Waals surface area contributed by atoms with Gasteiger partial charge in [0.1, 0.15) is 0 Å². The van der Waals surface area contributed by atoms with Crippen molar-refractivity contribution in [2.75, 3.05) is 4.90 Å². The molecule has 8 unspecified atom stereocenters. The van der Waals surface area contributed by atoms with E-state index in [4.69, 9.17) is 0 Å². The Kier molecular flexibility index (Phi) is 9.55. The zero-order valence-electron chi connectivity index (χ0n) is 36.3. The Morgan fingerprint density at radius 2 is 1.54 bits per heavy atom. The number of rotatable bonds is 7. The summed E-state index contributed by atoms with van der Waals surface area (Å²) < 4.78 is 5.47. The molecule has 61 heavy (non-hydrogen) atoms. The lowest BCUT2D eigenvalue weighted by atomic mass is 9.78. The Morgan fingerprint density at radius 1 is 0.721 bits per heavy atom. The van der Waals surface area contributed by atoms with Crippen molar-refractivity contribution in [3.05, 3.63) is 184 Å². The van der Waals surface area contributed by atoms with Gasteiger partial charge in [-0.1, -0.05) is 173 Å². The molecule has 0 N–H and O–H groups in total. The van der Waals surface area contributed by atoms with E-state index in [0.717, 1.165) is 38.5 Å². The molecule has 2 aromatic carbocycles. The third-order valence-corrected chi connectivity index (χ3v) is 14.8. The van der Waals surface area contributed by atoms with E-state index >= 15 is 0 Å². The second-order valence-corrected chi connectivity index (χ2v) is 19.1. The summed E-state index contributed by atoms with van der Waals surface area (Å²) in [6.07, 6.45) is 54.4.